The van der Waals surface area contributed by atoms with Gasteiger partial charge in [0, 0.05) is 0 Å². The zero-order valence-electron chi connectivity index (χ0n) is 6.64. The zero-order valence-corrected chi connectivity index (χ0v) is 7.53. The SMILES string of the molecule is [O-]P(C(F)(F)C(F)(F)F)C(F)(F)C(F)(F)F. The molecule has 0 heterocycles. The minimum absolute atomic E-state index is 6.21. The van der Waals surface area contributed by atoms with E-state index < -0.39 is 31.8 Å². The van der Waals surface area contributed by atoms with Crippen molar-refractivity contribution >= 4 is 8.15 Å². The molecule has 0 fully saturated rings. The van der Waals surface area contributed by atoms with Gasteiger partial charge in [-0.2, -0.15) is 43.9 Å². The number of alkyl halides is 10. The molecule has 0 radical (unpaired) electrons. The molecule has 0 saturated heterocycles. The monoisotopic (exact) mass is 285 g/mol. The van der Waals surface area contributed by atoms with Crippen LogP contribution in [0.3, 0.4) is 0 Å². The molecule has 0 atom stereocenters. The molecule has 0 saturated carbocycles. The zero-order chi connectivity index (χ0) is 13.6. The lowest BCUT2D eigenvalue weighted by Gasteiger charge is -2.39. The van der Waals surface area contributed by atoms with Gasteiger partial charge in [-0.3, -0.25) is 0 Å². The summed E-state index contributed by atoms with van der Waals surface area (Å²) in [5.41, 5.74) is -13.2. The molecular weight excluding hydrogens is 285 g/mol. The van der Waals surface area contributed by atoms with Crippen molar-refractivity contribution in [1.82, 2.24) is 0 Å². The molecule has 0 unspecified atom stereocenters. The molecular formula is C4F10OP-. The van der Waals surface area contributed by atoms with Gasteiger partial charge in [0.1, 0.15) is 0 Å². The van der Waals surface area contributed by atoms with Crippen molar-refractivity contribution in [3.8, 4) is 0 Å². The largest absolute Gasteiger partial charge is 0.820 e. The van der Waals surface area contributed by atoms with Crippen molar-refractivity contribution in [2.24, 2.45) is 0 Å². The minimum Gasteiger partial charge on any atom is -0.820 e. The predicted molar refractivity (Wildman–Crippen MR) is 28.9 cm³/mol. The maximum Gasteiger partial charge on any atom is 0.456 e. The van der Waals surface area contributed by atoms with Crippen LogP contribution in [0.2, 0.25) is 0 Å². The van der Waals surface area contributed by atoms with Gasteiger partial charge in [0.2, 0.25) is 0 Å². The molecule has 0 amide bonds. The molecule has 0 rings (SSSR count). The Kier molecular flexibility index (Phi) is 3.79. The van der Waals surface area contributed by atoms with Crippen LogP contribution in [0.15, 0.2) is 0 Å². The van der Waals surface area contributed by atoms with E-state index in [1.165, 1.54) is 0 Å². The summed E-state index contributed by atoms with van der Waals surface area (Å²) < 4.78 is 116. The molecule has 0 aliphatic rings. The van der Waals surface area contributed by atoms with Crippen LogP contribution < -0.4 is 4.89 Å². The first-order chi connectivity index (χ1) is 6.65. The summed E-state index contributed by atoms with van der Waals surface area (Å²) in [5, 5.41) is 0. The van der Waals surface area contributed by atoms with Gasteiger partial charge in [-0.15, -0.1) is 0 Å². The van der Waals surface area contributed by atoms with Crippen molar-refractivity contribution in [2.75, 3.05) is 0 Å². The normalized spacial score (nSPS) is 15.8. The Labute approximate surface area is 81.9 Å². The Morgan fingerprint density at radius 1 is 0.562 bits per heavy atom. The van der Waals surface area contributed by atoms with Gasteiger partial charge < -0.3 is 4.89 Å². The number of hydrogen-bond donors (Lipinski definition) is 0. The van der Waals surface area contributed by atoms with Crippen LogP contribution in [0.25, 0.3) is 0 Å². The molecule has 0 aromatic heterocycles. The lowest BCUT2D eigenvalue weighted by atomic mass is 10.7. The Balaban J connectivity index is 5.30. The maximum atomic E-state index is 12.0. The summed E-state index contributed by atoms with van der Waals surface area (Å²) in [6.07, 6.45) is -13.5. The van der Waals surface area contributed by atoms with Crippen molar-refractivity contribution in [3.05, 3.63) is 0 Å². The fourth-order valence-electron chi connectivity index (χ4n) is 0.407. The second-order valence-corrected chi connectivity index (χ2v) is 4.08. The predicted octanol–water partition coefficient (Wildman–Crippen LogP) is 3.05. The summed E-state index contributed by atoms with van der Waals surface area (Å²) in [4.78, 5) is 9.99. The van der Waals surface area contributed by atoms with Crippen LogP contribution >= 0.6 is 8.15 Å². The van der Waals surface area contributed by atoms with E-state index in [9.17, 15) is 48.8 Å². The van der Waals surface area contributed by atoms with E-state index >= 15 is 0 Å². The van der Waals surface area contributed by atoms with Crippen molar-refractivity contribution < 1.29 is 48.8 Å². The summed E-state index contributed by atoms with van der Waals surface area (Å²) in [7, 11) is -6.21. The minimum atomic E-state index is -6.75. The van der Waals surface area contributed by atoms with E-state index in [4.69, 9.17) is 0 Å². The van der Waals surface area contributed by atoms with Crippen LogP contribution in [0.1, 0.15) is 0 Å². The molecule has 0 bridgehead atoms. The molecule has 0 spiro atoms. The van der Waals surface area contributed by atoms with Gasteiger partial charge in [-0.25, -0.2) is 0 Å². The number of rotatable bonds is 2. The summed E-state index contributed by atoms with van der Waals surface area (Å²) in [6, 6.07) is 0. The van der Waals surface area contributed by atoms with E-state index in [1.54, 1.807) is 0 Å². The van der Waals surface area contributed by atoms with E-state index in [2.05, 4.69) is 0 Å². The third-order valence-electron chi connectivity index (χ3n) is 1.19. The average molecular weight is 285 g/mol. The molecule has 16 heavy (non-hydrogen) atoms. The first-order valence-electron chi connectivity index (χ1n) is 3.02. The van der Waals surface area contributed by atoms with E-state index in [0.29, 0.717) is 0 Å². The van der Waals surface area contributed by atoms with Crippen LogP contribution in [0.4, 0.5) is 43.9 Å². The van der Waals surface area contributed by atoms with Gasteiger partial charge in [0.25, 0.3) is 0 Å². The van der Waals surface area contributed by atoms with E-state index in [1.807, 2.05) is 0 Å². The Bertz CT molecular complexity index is 227. The highest BCUT2D eigenvalue weighted by Gasteiger charge is 2.71. The molecule has 0 aromatic carbocycles. The number of hydrogen-bond acceptors (Lipinski definition) is 1. The van der Waals surface area contributed by atoms with Gasteiger partial charge in [0.15, 0.2) is 0 Å². The van der Waals surface area contributed by atoms with Gasteiger partial charge >= 0.3 is 23.7 Å². The van der Waals surface area contributed by atoms with Gasteiger partial charge in [0.05, 0.1) is 0 Å². The summed E-state index contributed by atoms with van der Waals surface area (Å²) in [5.74, 6) is 0. The Hall–Kier alpha value is -0.310. The fraction of sp³-hybridized carbons (Fsp3) is 1.00. The lowest BCUT2D eigenvalue weighted by Crippen LogP contribution is -2.48. The molecule has 0 aliphatic heterocycles. The first-order valence-corrected chi connectivity index (χ1v) is 4.28. The highest BCUT2D eigenvalue weighted by Crippen LogP contribution is 2.66. The molecule has 12 heteroatoms. The van der Waals surface area contributed by atoms with E-state index in [0.717, 1.165) is 0 Å². The van der Waals surface area contributed by atoms with Gasteiger partial charge in [-0.1, -0.05) is 0 Å². The average Bonchev–Trinajstić information content (AvgIpc) is 1.98. The van der Waals surface area contributed by atoms with Gasteiger partial charge in [-0.05, 0) is 8.15 Å². The third-order valence-corrected chi connectivity index (χ3v) is 2.72. The van der Waals surface area contributed by atoms with Crippen LogP contribution in [-0.2, 0) is 0 Å². The molecule has 98 valence electrons. The smallest absolute Gasteiger partial charge is 0.456 e. The second kappa shape index (κ2) is 3.86. The molecule has 1 nitrogen and oxygen atoms in total. The fourth-order valence-corrected chi connectivity index (χ4v) is 1.22. The standard InChI is InChI=1S/C4F10OP/c5-1(6,7)3(11,12)16(15)4(13,14)2(8,9)10/q-1. The van der Waals surface area contributed by atoms with Crippen LogP contribution in [-0.4, -0.2) is 23.7 Å². The van der Waals surface area contributed by atoms with Crippen LogP contribution in [0, 0.1) is 0 Å². The lowest BCUT2D eigenvalue weighted by molar-refractivity contribution is -0.301. The first kappa shape index (κ1) is 15.7. The molecule has 0 aliphatic carbocycles. The van der Waals surface area contributed by atoms with Crippen LogP contribution in [0.5, 0.6) is 0 Å². The highest BCUT2D eigenvalue weighted by molar-refractivity contribution is 7.52. The molecule has 0 aromatic rings. The van der Waals surface area contributed by atoms with Crippen molar-refractivity contribution in [2.45, 2.75) is 23.7 Å². The topological polar surface area (TPSA) is 23.1 Å². The number of halogens is 10. The second-order valence-electron chi connectivity index (χ2n) is 2.37. The van der Waals surface area contributed by atoms with Crippen molar-refractivity contribution in [3.63, 3.8) is 0 Å². The van der Waals surface area contributed by atoms with E-state index in [-0.39, 0.29) is 0 Å². The quantitative estimate of drug-likeness (QED) is 0.565. The Morgan fingerprint density at radius 3 is 0.875 bits per heavy atom. The highest BCUT2D eigenvalue weighted by atomic mass is 31.1. The van der Waals surface area contributed by atoms with Crippen molar-refractivity contribution in [1.29, 1.82) is 0 Å². The summed E-state index contributed by atoms with van der Waals surface area (Å²) >= 11 is 0. The molecule has 0 N–H and O–H groups in total. The maximum absolute atomic E-state index is 12.0. The summed E-state index contributed by atoms with van der Waals surface area (Å²) in [6.45, 7) is 0. The third kappa shape index (κ3) is 2.50. The Morgan fingerprint density at radius 2 is 0.750 bits per heavy atom.